The summed E-state index contributed by atoms with van der Waals surface area (Å²) in [7, 11) is 1.86. The zero-order chi connectivity index (χ0) is 14.1. The van der Waals surface area contributed by atoms with Crippen LogP contribution in [0.2, 0.25) is 0 Å². The molecule has 0 spiro atoms. The van der Waals surface area contributed by atoms with E-state index in [0.29, 0.717) is 5.58 Å². The number of hydrogen-bond acceptors (Lipinski definition) is 5. The number of aryl methyl sites for hydroxylation is 1. The summed E-state index contributed by atoms with van der Waals surface area (Å²) < 4.78 is 23.1. The van der Waals surface area contributed by atoms with E-state index in [0.717, 1.165) is 28.1 Å². The van der Waals surface area contributed by atoms with Gasteiger partial charge in [0, 0.05) is 5.39 Å². The van der Waals surface area contributed by atoms with Gasteiger partial charge in [0.1, 0.15) is 23.2 Å². The van der Waals surface area contributed by atoms with Gasteiger partial charge in [0.25, 0.3) is 0 Å². The highest BCUT2D eigenvalue weighted by Crippen LogP contribution is 2.31. The highest BCUT2D eigenvalue weighted by atomic mass is 32.1. The Morgan fingerprint density at radius 2 is 2.25 bits per heavy atom. The maximum Gasteiger partial charge on any atom is 0.134 e. The Hall–Kier alpha value is -1.79. The number of furan rings is 1. The van der Waals surface area contributed by atoms with Crippen molar-refractivity contribution in [1.29, 1.82) is 0 Å². The summed E-state index contributed by atoms with van der Waals surface area (Å²) in [4.78, 5) is 1.04. The Labute approximate surface area is 119 Å². The van der Waals surface area contributed by atoms with E-state index in [1.807, 2.05) is 20.0 Å². The number of rotatable bonds is 4. The Bertz CT molecular complexity index is 737. The zero-order valence-electron chi connectivity index (χ0n) is 11.2. The van der Waals surface area contributed by atoms with Crippen LogP contribution in [0, 0.1) is 5.82 Å². The third-order valence-electron chi connectivity index (χ3n) is 3.25. The molecule has 0 amide bonds. The first kappa shape index (κ1) is 13.2. The molecule has 0 aliphatic rings. The van der Waals surface area contributed by atoms with Crippen LogP contribution in [-0.4, -0.2) is 16.6 Å². The second kappa shape index (κ2) is 5.30. The lowest BCUT2D eigenvalue weighted by molar-refractivity contribution is 0.493. The van der Waals surface area contributed by atoms with E-state index >= 15 is 0 Å². The van der Waals surface area contributed by atoms with Gasteiger partial charge in [-0.3, -0.25) is 0 Å². The van der Waals surface area contributed by atoms with Crippen molar-refractivity contribution in [2.45, 2.75) is 19.4 Å². The average Bonchev–Trinajstić information content (AvgIpc) is 3.05. The second-order valence-corrected chi connectivity index (χ2v) is 5.28. The normalized spacial score (nSPS) is 12.9. The second-order valence-electron chi connectivity index (χ2n) is 4.49. The van der Waals surface area contributed by atoms with Gasteiger partial charge in [-0.2, -0.15) is 0 Å². The van der Waals surface area contributed by atoms with Crippen LogP contribution in [0.1, 0.15) is 29.3 Å². The molecule has 104 valence electrons. The average molecular weight is 291 g/mol. The first-order chi connectivity index (χ1) is 9.72. The molecule has 1 N–H and O–H groups in total. The van der Waals surface area contributed by atoms with Crippen LogP contribution >= 0.6 is 11.5 Å². The minimum Gasteiger partial charge on any atom is -0.459 e. The molecule has 0 aliphatic carbocycles. The molecule has 0 aliphatic heterocycles. The van der Waals surface area contributed by atoms with E-state index in [2.05, 4.69) is 14.9 Å². The fraction of sp³-hybridized carbons (Fsp3) is 0.286. The lowest BCUT2D eigenvalue weighted by Crippen LogP contribution is -2.17. The molecule has 1 aromatic carbocycles. The summed E-state index contributed by atoms with van der Waals surface area (Å²) in [6.07, 6.45) is 0.818. The summed E-state index contributed by atoms with van der Waals surface area (Å²) in [5.74, 6) is 0.480. The van der Waals surface area contributed by atoms with Gasteiger partial charge in [0.05, 0.1) is 10.6 Å². The van der Waals surface area contributed by atoms with Crippen molar-refractivity contribution in [3.05, 3.63) is 46.4 Å². The van der Waals surface area contributed by atoms with E-state index < -0.39 is 0 Å². The van der Waals surface area contributed by atoms with Gasteiger partial charge >= 0.3 is 0 Å². The van der Waals surface area contributed by atoms with Crippen LogP contribution in [0.3, 0.4) is 0 Å². The van der Waals surface area contributed by atoms with E-state index in [1.165, 1.54) is 23.7 Å². The largest absolute Gasteiger partial charge is 0.459 e. The van der Waals surface area contributed by atoms with E-state index in [4.69, 9.17) is 4.42 Å². The van der Waals surface area contributed by atoms with Crippen LogP contribution < -0.4 is 5.32 Å². The Morgan fingerprint density at radius 1 is 1.40 bits per heavy atom. The molecule has 3 rings (SSSR count). The summed E-state index contributed by atoms with van der Waals surface area (Å²) >= 11 is 1.36. The Morgan fingerprint density at radius 3 is 3.00 bits per heavy atom. The predicted molar refractivity (Wildman–Crippen MR) is 76.4 cm³/mol. The summed E-state index contributed by atoms with van der Waals surface area (Å²) in [6.45, 7) is 2.04. The molecule has 0 saturated carbocycles. The predicted octanol–water partition coefficient (Wildman–Crippen LogP) is 3.29. The highest BCUT2D eigenvalue weighted by molar-refractivity contribution is 7.05. The number of halogens is 1. The molecule has 1 atom stereocenters. The standard InChI is InChI=1S/C14H14FN3OS/c1-3-10-14(20-18-17-10)13(16-2)12-7-8-6-9(15)4-5-11(8)19-12/h4-7,13,16H,3H2,1-2H3. The smallest absolute Gasteiger partial charge is 0.134 e. The van der Waals surface area contributed by atoms with Crippen molar-refractivity contribution in [2.75, 3.05) is 7.05 Å². The number of hydrogen-bond donors (Lipinski definition) is 1. The number of aromatic nitrogens is 2. The van der Waals surface area contributed by atoms with Gasteiger partial charge in [-0.15, -0.1) is 5.10 Å². The molecule has 2 aromatic heterocycles. The SMILES string of the molecule is CCc1nnsc1C(NC)c1cc2cc(F)ccc2o1. The van der Waals surface area contributed by atoms with Crippen LogP contribution in [0.4, 0.5) is 4.39 Å². The van der Waals surface area contributed by atoms with Crippen LogP contribution in [0.5, 0.6) is 0 Å². The molecule has 0 fully saturated rings. The number of nitrogens with zero attached hydrogens (tertiary/aromatic N) is 2. The van der Waals surface area contributed by atoms with Crippen molar-refractivity contribution in [3.8, 4) is 0 Å². The molecule has 0 saturated heterocycles. The Kier molecular flexibility index (Phi) is 3.50. The molecule has 2 heterocycles. The molecule has 0 radical (unpaired) electrons. The van der Waals surface area contributed by atoms with Gasteiger partial charge in [-0.05, 0) is 49.3 Å². The van der Waals surface area contributed by atoms with Gasteiger partial charge < -0.3 is 9.73 Å². The maximum absolute atomic E-state index is 13.2. The van der Waals surface area contributed by atoms with Crippen molar-refractivity contribution >= 4 is 22.5 Å². The number of nitrogens with one attached hydrogen (secondary N) is 1. The number of fused-ring (bicyclic) bond motifs is 1. The molecule has 1 unspecified atom stereocenters. The topological polar surface area (TPSA) is 51.0 Å². The van der Waals surface area contributed by atoms with Crippen LogP contribution in [-0.2, 0) is 6.42 Å². The summed E-state index contributed by atoms with van der Waals surface area (Å²) in [5.41, 5.74) is 1.64. The fourth-order valence-corrected chi connectivity index (χ4v) is 3.12. The lowest BCUT2D eigenvalue weighted by Gasteiger charge is -2.11. The molecule has 3 aromatic rings. The zero-order valence-corrected chi connectivity index (χ0v) is 12.0. The molecule has 6 heteroatoms. The van der Waals surface area contributed by atoms with E-state index in [9.17, 15) is 4.39 Å². The third kappa shape index (κ3) is 2.21. The molecule has 20 heavy (non-hydrogen) atoms. The minimum absolute atomic E-state index is 0.111. The quantitative estimate of drug-likeness (QED) is 0.801. The van der Waals surface area contributed by atoms with E-state index in [-0.39, 0.29) is 11.9 Å². The van der Waals surface area contributed by atoms with Crippen LogP contribution in [0.15, 0.2) is 28.7 Å². The maximum atomic E-state index is 13.2. The van der Waals surface area contributed by atoms with Gasteiger partial charge in [-0.1, -0.05) is 11.4 Å². The molecular weight excluding hydrogens is 277 g/mol. The van der Waals surface area contributed by atoms with Gasteiger partial charge in [0.15, 0.2) is 0 Å². The third-order valence-corrected chi connectivity index (χ3v) is 4.08. The van der Waals surface area contributed by atoms with Crippen molar-refractivity contribution in [1.82, 2.24) is 14.9 Å². The molecular formula is C14H14FN3OS. The lowest BCUT2D eigenvalue weighted by atomic mass is 10.1. The van der Waals surface area contributed by atoms with Crippen molar-refractivity contribution in [3.63, 3.8) is 0 Å². The van der Waals surface area contributed by atoms with E-state index in [1.54, 1.807) is 6.07 Å². The fourth-order valence-electron chi connectivity index (χ4n) is 2.26. The van der Waals surface area contributed by atoms with Crippen LogP contribution in [0.25, 0.3) is 11.0 Å². The molecule has 4 nitrogen and oxygen atoms in total. The first-order valence-electron chi connectivity index (χ1n) is 6.40. The van der Waals surface area contributed by atoms with Crippen molar-refractivity contribution < 1.29 is 8.81 Å². The highest BCUT2D eigenvalue weighted by Gasteiger charge is 2.22. The molecule has 0 bridgehead atoms. The Balaban J connectivity index is 2.07. The van der Waals surface area contributed by atoms with Gasteiger partial charge in [-0.25, -0.2) is 4.39 Å². The van der Waals surface area contributed by atoms with Gasteiger partial charge in [0.2, 0.25) is 0 Å². The van der Waals surface area contributed by atoms with Crippen molar-refractivity contribution in [2.24, 2.45) is 0 Å². The monoisotopic (exact) mass is 291 g/mol. The summed E-state index contributed by atoms with van der Waals surface area (Å²) in [6, 6.07) is 6.27. The first-order valence-corrected chi connectivity index (χ1v) is 7.17. The minimum atomic E-state index is -0.264. The number of benzene rings is 1. The summed E-state index contributed by atoms with van der Waals surface area (Å²) in [5, 5.41) is 8.10.